The van der Waals surface area contributed by atoms with Gasteiger partial charge in [0.25, 0.3) is 0 Å². The van der Waals surface area contributed by atoms with E-state index in [2.05, 4.69) is 40.6 Å². The van der Waals surface area contributed by atoms with Crippen LogP contribution in [-0.4, -0.2) is 19.1 Å². The summed E-state index contributed by atoms with van der Waals surface area (Å²) in [6.07, 6.45) is 11.8. The molecule has 0 spiro atoms. The second-order valence-corrected chi connectivity index (χ2v) is 5.16. The fourth-order valence-electron chi connectivity index (χ4n) is 2.62. The monoisotopic (exact) mass is 296 g/mol. The molecule has 0 aliphatic rings. The molecule has 2 aromatic heterocycles. The second kappa shape index (κ2) is 7.07. The van der Waals surface area contributed by atoms with Gasteiger partial charge < -0.3 is 9.13 Å². The summed E-state index contributed by atoms with van der Waals surface area (Å²) in [4.78, 5) is 9.05. The molecule has 4 heteroatoms. The van der Waals surface area contributed by atoms with Crippen LogP contribution < -0.4 is 0 Å². The van der Waals surface area contributed by atoms with Gasteiger partial charge in [0.1, 0.15) is 11.6 Å². The lowest BCUT2D eigenvalue weighted by atomic mass is 10.1. The lowest BCUT2D eigenvalue weighted by molar-refractivity contribution is 0.637. The Hall–Kier alpha value is -2.36. The topological polar surface area (TPSA) is 35.6 Å². The van der Waals surface area contributed by atoms with E-state index in [1.165, 1.54) is 0 Å². The average molecular weight is 296 g/mol. The maximum absolute atomic E-state index is 4.78. The highest BCUT2D eigenvalue weighted by molar-refractivity contribution is 5.74. The predicted octanol–water partition coefficient (Wildman–Crippen LogP) is 3.91. The summed E-state index contributed by atoms with van der Waals surface area (Å²) in [6, 6.07) is 0. The van der Waals surface area contributed by atoms with Crippen molar-refractivity contribution in [3.8, 4) is 0 Å². The Bertz CT molecular complexity index is 714. The van der Waals surface area contributed by atoms with Gasteiger partial charge in [-0.15, -0.1) is 0 Å². The Morgan fingerprint density at radius 3 is 2.68 bits per heavy atom. The van der Waals surface area contributed by atoms with E-state index in [0.717, 1.165) is 41.7 Å². The Labute approximate surface area is 132 Å². The van der Waals surface area contributed by atoms with Crippen molar-refractivity contribution in [1.82, 2.24) is 19.1 Å². The molecule has 0 N–H and O–H groups in total. The molecular weight excluding hydrogens is 272 g/mol. The first-order valence-electron chi connectivity index (χ1n) is 7.61. The van der Waals surface area contributed by atoms with Crippen LogP contribution in [0, 0.1) is 13.8 Å². The Morgan fingerprint density at radius 1 is 1.36 bits per heavy atom. The molecular formula is C18H24N4. The van der Waals surface area contributed by atoms with Gasteiger partial charge in [-0.1, -0.05) is 30.9 Å². The highest BCUT2D eigenvalue weighted by Gasteiger charge is 2.15. The number of imidazole rings is 2. The van der Waals surface area contributed by atoms with Crippen LogP contribution in [0.3, 0.4) is 0 Å². The van der Waals surface area contributed by atoms with Gasteiger partial charge in [0.2, 0.25) is 0 Å². The molecule has 22 heavy (non-hydrogen) atoms. The van der Waals surface area contributed by atoms with Gasteiger partial charge in [-0.05, 0) is 33.3 Å². The summed E-state index contributed by atoms with van der Waals surface area (Å²) < 4.78 is 4.37. The normalized spacial score (nSPS) is 12.3. The Morgan fingerprint density at radius 2 is 2.14 bits per heavy atom. The summed E-state index contributed by atoms with van der Waals surface area (Å²) in [5.41, 5.74) is 3.27. The Kier molecular flexibility index (Phi) is 5.15. The number of allylic oxidation sites excluding steroid dienone is 5. The van der Waals surface area contributed by atoms with Crippen molar-refractivity contribution < 1.29 is 0 Å². The van der Waals surface area contributed by atoms with Crippen molar-refractivity contribution in [2.45, 2.75) is 40.8 Å². The summed E-state index contributed by atoms with van der Waals surface area (Å²) in [5.74, 6) is 2.04. The third-order valence-corrected chi connectivity index (χ3v) is 3.73. The third kappa shape index (κ3) is 3.11. The van der Waals surface area contributed by atoms with E-state index in [9.17, 15) is 0 Å². The summed E-state index contributed by atoms with van der Waals surface area (Å²) in [7, 11) is 0. The van der Waals surface area contributed by atoms with Gasteiger partial charge in [-0.2, -0.15) is 0 Å². The predicted molar refractivity (Wildman–Crippen MR) is 91.7 cm³/mol. The van der Waals surface area contributed by atoms with Crippen molar-refractivity contribution in [3.05, 3.63) is 66.3 Å². The molecule has 116 valence electrons. The average Bonchev–Trinajstić information content (AvgIpc) is 3.04. The zero-order chi connectivity index (χ0) is 16.1. The van der Waals surface area contributed by atoms with Gasteiger partial charge in [0.15, 0.2) is 0 Å². The fourth-order valence-corrected chi connectivity index (χ4v) is 2.62. The highest BCUT2D eigenvalue weighted by atomic mass is 15.1. The van der Waals surface area contributed by atoms with E-state index in [1.54, 1.807) is 0 Å². The molecule has 0 atom stereocenters. The molecule has 0 saturated heterocycles. The van der Waals surface area contributed by atoms with E-state index in [-0.39, 0.29) is 0 Å². The maximum atomic E-state index is 4.78. The van der Waals surface area contributed by atoms with Crippen LogP contribution in [0.15, 0.2) is 43.3 Å². The van der Waals surface area contributed by atoms with Crippen LogP contribution in [0.25, 0.3) is 5.57 Å². The van der Waals surface area contributed by atoms with Crippen LogP contribution in [0.2, 0.25) is 0 Å². The fraction of sp³-hybridized carbons (Fsp3) is 0.333. The molecule has 0 aliphatic carbocycles. The quantitative estimate of drug-likeness (QED) is 0.758. The summed E-state index contributed by atoms with van der Waals surface area (Å²) in [6.45, 7) is 13.8. The lowest BCUT2D eigenvalue weighted by Crippen LogP contribution is -2.10. The molecule has 2 aromatic rings. The molecule has 0 radical (unpaired) electrons. The van der Waals surface area contributed by atoms with E-state index >= 15 is 0 Å². The van der Waals surface area contributed by atoms with Crippen LogP contribution in [0.1, 0.15) is 36.9 Å². The van der Waals surface area contributed by atoms with Crippen molar-refractivity contribution in [2.75, 3.05) is 0 Å². The smallest absolute Gasteiger partial charge is 0.129 e. The van der Waals surface area contributed by atoms with Crippen molar-refractivity contribution in [1.29, 1.82) is 0 Å². The van der Waals surface area contributed by atoms with E-state index in [0.29, 0.717) is 0 Å². The van der Waals surface area contributed by atoms with Crippen LogP contribution >= 0.6 is 0 Å². The van der Waals surface area contributed by atoms with Gasteiger partial charge in [0.05, 0.1) is 17.9 Å². The van der Waals surface area contributed by atoms with Crippen LogP contribution in [-0.2, 0) is 13.1 Å². The number of hydrogen-bond acceptors (Lipinski definition) is 2. The minimum absolute atomic E-state index is 0.731. The van der Waals surface area contributed by atoms with E-state index in [4.69, 9.17) is 4.98 Å². The third-order valence-electron chi connectivity index (χ3n) is 3.73. The Balaban J connectivity index is 2.48. The largest absolute Gasteiger partial charge is 0.328 e. The van der Waals surface area contributed by atoms with E-state index < -0.39 is 0 Å². The van der Waals surface area contributed by atoms with Gasteiger partial charge in [-0.3, -0.25) is 0 Å². The number of nitrogens with zero attached hydrogens (tertiary/aromatic N) is 4. The molecule has 0 aromatic carbocycles. The molecule has 0 unspecified atom stereocenters. The van der Waals surface area contributed by atoms with E-state index in [1.807, 2.05) is 44.5 Å². The highest BCUT2D eigenvalue weighted by Crippen LogP contribution is 2.22. The number of aryl methyl sites for hydroxylation is 2. The number of rotatable bonds is 6. The van der Waals surface area contributed by atoms with Crippen LogP contribution in [0.4, 0.5) is 0 Å². The zero-order valence-electron chi connectivity index (χ0n) is 13.9. The molecule has 4 nitrogen and oxygen atoms in total. The standard InChI is InChI=1S/C18H24N4/c1-6-9-10-16(7-2)18-14(4)20-17(22(18)8-3)13-21-12-11-19-15(21)5/h6-7,9-12H,2,8,13H2,1,3-5H3/b9-6-,16-10+. The summed E-state index contributed by atoms with van der Waals surface area (Å²) >= 11 is 0. The van der Waals surface area contributed by atoms with Gasteiger partial charge in [-0.25, -0.2) is 9.97 Å². The van der Waals surface area contributed by atoms with Gasteiger partial charge >= 0.3 is 0 Å². The SMILES string of the molecule is C=C/C(=C\C=C/C)c1c(C)nc(Cn2ccnc2C)n1CC. The first-order valence-corrected chi connectivity index (χ1v) is 7.61. The molecule has 0 saturated carbocycles. The molecule has 0 amide bonds. The first-order chi connectivity index (χ1) is 10.6. The van der Waals surface area contributed by atoms with Gasteiger partial charge in [0, 0.05) is 18.9 Å². The first kappa shape index (κ1) is 16.0. The summed E-state index contributed by atoms with van der Waals surface area (Å²) in [5, 5.41) is 0. The van der Waals surface area contributed by atoms with Crippen LogP contribution in [0.5, 0.6) is 0 Å². The second-order valence-electron chi connectivity index (χ2n) is 5.16. The molecule has 0 aliphatic heterocycles. The van der Waals surface area contributed by atoms with Crippen molar-refractivity contribution >= 4 is 5.57 Å². The number of aromatic nitrogens is 4. The number of hydrogen-bond donors (Lipinski definition) is 0. The zero-order valence-corrected chi connectivity index (χ0v) is 13.9. The molecule has 2 rings (SSSR count). The van der Waals surface area contributed by atoms with Crippen molar-refractivity contribution in [3.63, 3.8) is 0 Å². The molecule has 0 fully saturated rings. The lowest BCUT2D eigenvalue weighted by Gasteiger charge is -2.11. The molecule has 2 heterocycles. The molecule has 0 bridgehead atoms. The van der Waals surface area contributed by atoms with Crippen molar-refractivity contribution in [2.24, 2.45) is 0 Å². The minimum Gasteiger partial charge on any atom is -0.328 e. The maximum Gasteiger partial charge on any atom is 0.129 e. The minimum atomic E-state index is 0.731.